The smallest absolute Gasteiger partial charge is 0.123 e. The van der Waals surface area contributed by atoms with Crippen LogP contribution < -0.4 is 10.2 Å². The molecule has 0 atom stereocenters. The Bertz CT molecular complexity index is 584. The summed E-state index contributed by atoms with van der Waals surface area (Å²) in [5.41, 5.74) is 2.46. The average molecular weight is 287 g/mol. The average Bonchev–Trinajstić information content (AvgIpc) is 2.81. The lowest BCUT2D eigenvalue weighted by atomic mass is 10.1. The summed E-state index contributed by atoms with van der Waals surface area (Å²) in [6.07, 6.45) is 3.76. The van der Waals surface area contributed by atoms with E-state index in [1.54, 1.807) is 0 Å². The van der Waals surface area contributed by atoms with Crippen LogP contribution in [-0.4, -0.2) is 17.6 Å². The summed E-state index contributed by atoms with van der Waals surface area (Å²) < 4.78 is 5.66. The molecule has 2 rings (SSSR count). The van der Waals surface area contributed by atoms with Gasteiger partial charge in [0, 0.05) is 42.8 Å². The summed E-state index contributed by atoms with van der Waals surface area (Å²) in [4.78, 5) is 6.44. The fourth-order valence-electron chi connectivity index (χ4n) is 2.18. The molecule has 0 saturated carbocycles. The third-order valence-electron chi connectivity index (χ3n) is 3.29. The van der Waals surface area contributed by atoms with Gasteiger partial charge in [-0.25, -0.2) is 0 Å². The van der Waals surface area contributed by atoms with E-state index in [0.29, 0.717) is 0 Å². The molecule has 0 aliphatic rings. The summed E-state index contributed by atoms with van der Waals surface area (Å²) in [6, 6.07) is 6.08. The van der Waals surface area contributed by atoms with E-state index in [1.807, 2.05) is 31.5 Å². The van der Waals surface area contributed by atoms with Crippen LogP contribution in [0.5, 0.6) is 0 Å². The van der Waals surface area contributed by atoms with Gasteiger partial charge < -0.3 is 14.6 Å². The first-order chi connectivity index (χ1) is 9.85. The van der Waals surface area contributed by atoms with Gasteiger partial charge in [0.1, 0.15) is 11.5 Å². The predicted molar refractivity (Wildman–Crippen MR) is 86.4 cm³/mol. The SMILES string of the molecule is Cc1ccc(CN(C)c2ccncc2CNC(C)(C)C)o1. The molecule has 2 aromatic rings. The minimum Gasteiger partial charge on any atom is -0.464 e. The molecule has 114 valence electrons. The predicted octanol–water partition coefficient (Wildman–Crippen LogP) is 3.51. The van der Waals surface area contributed by atoms with Gasteiger partial charge in [-0.3, -0.25) is 4.98 Å². The molecule has 0 saturated heterocycles. The molecule has 2 heterocycles. The van der Waals surface area contributed by atoms with E-state index in [0.717, 1.165) is 24.6 Å². The Morgan fingerprint density at radius 1 is 1.24 bits per heavy atom. The van der Waals surface area contributed by atoms with Gasteiger partial charge in [-0.05, 0) is 45.9 Å². The third kappa shape index (κ3) is 4.60. The van der Waals surface area contributed by atoms with Crippen LogP contribution in [0.1, 0.15) is 37.9 Å². The second-order valence-corrected chi connectivity index (χ2v) is 6.48. The van der Waals surface area contributed by atoms with Gasteiger partial charge in [-0.1, -0.05) is 0 Å². The normalized spacial score (nSPS) is 11.7. The van der Waals surface area contributed by atoms with E-state index < -0.39 is 0 Å². The topological polar surface area (TPSA) is 41.3 Å². The lowest BCUT2D eigenvalue weighted by Crippen LogP contribution is -2.35. The Labute approximate surface area is 127 Å². The van der Waals surface area contributed by atoms with Crippen LogP contribution in [0.15, 0.2) is 35.0 Å². The van der Waals surface area contributed by atoms with Gasteiger partial charge in [0.25, 0.3) is 0 Å². The van der Waals surface area contributed by atoms with Crippen LogP contribution in [0.2, 0.25) is 0 Å². The van der Waals surface area contributed by atoms with Crippen LogP contribution in [0.25, 0.3) is 0 Å². The highest BCUT2D eigenvalue weighted by molar-refractivity contribution is 5.51. The number of hydrogen-bond donors (Lipinski definition) is 1. The molecule has 0 amide bonds. The highest BCUT2D eigenvalue weighted by atomic mass is 16.3. The minimum absolute atomic E-state index is 0.0871. The second kappa shape index (κ2) is 6.31. The molecule has 0 bridgehead atoms. The van der Waals surface area contributed by atoms with E-state index >= 15 is 0 Å². The minimum atomic E-state index is 0.0871. The Morgan fingerprint density at radius 2 is 2.00 bits per heavy atom. The van der Waals surface area contributed by atoms with Gasteiger partial charge >= 0.3 is 0 Å². The van der Waals surface area contributed by atoms with Crippen molar-refractivity contribution in [3.8, 4) is 0 Å². The number of aryl methyl sites for hydroxylation is 1. The number of nitrogens with zero attached hydrogens (tertiary/aromatic N) is 2. The van der Waals surface area contributed by atoms with Crippen molar-refractivity contribution in [3.63, 3.8) is 0 Å². The first-order valence-electron chi connectivity index (χ1n) is 7.29. The maximum absolute atomic E-state index is 5.66. The molecule has 0 fully saturated rings. The van der Waals surface area contributed by atoms with Gasteiger partial charge in [0.2, 0.25) is 0 Å². The van der Waals surface area contributed by atoms with Gasteiger partial charge in [0.15, 0.2) is 0 Å². The lowest BCUT2D eigenvalue weighted by Gasteiger charge is -2.25. The fourth-order valence-corrected chi connectivity index (χ4v) is 2.18. The second-order valence-electron chi connectivity index (χ2n) is 6.48. The standard InChI is InChI=1S/C17H25N3O/c1-13-6-7-15(21-13)12-20(5)16-8-9-18-10-14(16)11-19-17(2,3)4/h6-10,19H,11-12H2,1-5H3. The molecule has 0 aliphatic carbocycles. The van der Waals surface area contributed by atoms with Crippen molar-refractivity contribution in [2.24, 2.45) is 0 Å². The van der Waals surface area contributed by atoms with Crippen molar-refractivity contribution in [1.29, 1.82) is 0 Å². The number of aromatic nitrogens is 1. The molecule has 21 heavy (non-hydrogen) atoms. The van der Waals surface area contributed by atoms with Crippen LogP contribution in [0.3, 0.4) is 0 Å². The summed E-state index contributed by atoms with van der Waals surface area (Å²) in [5.74, 6) is 1.92. The van der Waals surface area contributed by atoms with Crippen LogP contribution in [0, 0.1) is 6.92 Å². The quantitative estimate of drug-likeness (QED) is 0.913. The largest absolute Gasteiger partial charge is 0.464 e. The summed E-state index contributed by atoms with van der Waals surface area (Å²) >= 11 is 0. The molecular formula is C17H25N3O. The molecule has 0 spiro atoms. The van der Waals surface area contributed by atoms with E-state index in [4.69, 9.17) is 4.42 Å². The number of hydrogen-bond acceptors (Lipinski definition) is 4. The molecule has 4 heteroatoms. The van der Waals surface area contributed by atoms with Crippen LogP contribution in [-0.2, 0) is 13.1 Å². The Kier molecular flexibility index (Phi) is 4.68. The Balaban J connectivity index is 2.11. The summed E-state index contributed by atoms with van der Waals surface area (Å²) in [6.45, 7) is 10.0. The number of rotatable bonds is 5. The van der Waals surface area contributed by atoms with Gasteiger partial charge in [-0.2, -0.15) is 0 Å². The highest BCUT2D eigenvalue weighted by Crippen LogP contribution is 2.21. The molecule has 0 aromatic carbocycles. The first kappa shape index (κ1) is 15.6. The maximum Gasteiger partial charge on any atom is 0.123 e. The number of furan rings is 1. The van der Waals surface area contributed by atoms with Crippen LogP contribution >= 0.6 is 0 Å². The van der Waals surface area contributed by atoms with Crippen molar-refractivity contribution in [2.45, 2.75) is 46.3 Å². The fraction of sp³-hybridized carbons (Fsp3) is 0.471. The number of pyridine rings is 1. The van der Waals surface area contributed by atoms with Crippen molar-refractivity contribution in [3.05, 3.63) is 47.7 Å². The monoisotopic (exact) mass is 287 g/mol. The number of nitrogens with one attached hydrogen (secondary N) is 1. The van der Waals surface area contributed by atoms with Gasteiger partial charge in [-0.15, -0.1) is 0 Å². The zero-order valence-corrected chi connectivity index (χ0v) is 13.6. The van der Waals surface area contributed by atoms with Crippen molar-refractivity contribution < 1.29 is 4.42 Å². The van der Waals surface area contributed by atoms with Crippen molar-refractivity contribution >= 4 is 5.69 Å². The molecule has 1 N–H and O–H groups in total. The maximum atomic E-state index is 5.66. The highest BCUT2D eigenvalue weighted by Gasteiger charge is 2.13. The zero-order chi connectivity index (χ0) is 15.5. The molecule has 4 nitrogen and oxygen atoms in total. The molecule has 0 unspecified atom stereocenters. The van der Waals surface area contributed by atoms with Crippen LogP contribution in [0.4, 0.5) is 5.69 Å². The molecule has 0 radical (unpaired) electrons. The van der Waals surface area contributed by atoms with Crippen molar-refractivity contribution in [1.82, 2.24) is 10.3 Å². The molecular weight excluding hydrogens is 262 g/mol. The summed E-state index contributed by atoms with van der Waals surface area (Å²) in [7, 11) is 2.08. The van der Waals surface area contributed by atoms with Crippen molar-refractivity contribution in [2.75, 3.05) is 11.9 Å². The van der Waals surface area contributed by atoms with E-state index in [-0.39, 0.29) is 5.54 Å². The Morgan fingerprint density at radius 3 is 2.62 bits per heavy atom. The van der Waals surface area contributed by atoms with E-state index in [1.165, 1.54) is 11.3 Å². The van der Waals surface area contributed by atoms with E-state index in [9.17, 15) is 0 Å². The lowest BCUT2D eigenvalue weighted by molar-refractivity contribution is 0.423. The third-order valence-corrected chi connectivity index (χ3v) is 3.29. The molecule has 0 aliphatic heterocycles. The first-order valence-corrected chi connectivity index (χ1v) is 7.29. The molecule has 2 aromatic heterocycles. The van der Waals surface area contributed by atoms with E-state index in [2.05, 4.69) is 49.1 Å². The zero-order valence-electron chi connectivity index (χ0n) is 13.6. The Hall–Kier alpha value is -1.81. The summed E-state index contributed by atoms with van der Waals surface area (Å²) in [5, 5.41) is 3.51. The van der Waals surface area contributed by atoms with Gasteiger partial charge in [0.05, 0.1) is 6.54 Å². The number of anilines is 1.